The molecule has 0 aliphatic carbocycles. The minimum Gasteiger partial charge on any atom is -0.480 e. The number of urea groups is 1. The molecule has 1 fully saturated rings. The quantitative estimate of drug-likeness (QED) is 0.762. The van der Waals surface area contributed by atoms with E-state index in [0.717, 1.165) is 0 Å². The fourth-order valence-electron chi connectivity index (χ4n) is 2.13. The summed E-state index contributed by atoms with van der Waals surface area (Å²) in [5, 5.41) is 11.4. The first kappa shape index (κ1) is 15.3. The average molecular weight is 271 g/mol. The first-order valence-corrected chi connectivity index (χ1v) is 6.28. The minimum atomic E-state index is -1.07. The number of carbonyl (C=O) groups excluding carboxylic acids is 2. The molecule has 1 atom stereocenters. The number of piperazine rings is 1. The molecule has 0 aromatic carbocycles. The molecule has 19 heavy (non-hydrogen) atoms. The van der Waals surface area contributed by atoms with Gasteiger partial charge in [-0.3, -0.25) is 4.79 Å². The van der Waals surface area contributed by atoms with Crippen LogP contribution in [0.2, 0.25) is 0 Å². The smallest absolute Gasteiger partial charge is 0.326 e. The van der Waals surface area contributed by atoms with Crippen molar-refractivity contribution in [2.75, 3.05) is 20.1 Å². The first-order chi connectivity index (χ1) is 8.71. The lowest BCUT2D eigenvalue weighted by Crippen LogP contribution is -2.66. The van der Waals surface area contributed by atoms with Crippen molar-refractivity contribution in [3.63, 3.8) is 0 Å². The molecule has 1 aliphatic heterocycles. The van der Waals surface area contributed by atoms with Crippen molar-refractivity contribution in [1.29, 1.82) is 0 Å². The van der Waals surface area contributed by atoms with Gasteiger partial charge in [-0.15, -0.1) is 0 Å². The van der Waals surface area contributed by atoms with E-state index in [1.54, 1.807) is 32.7 Å². The molecule has 0 aromatic rings. The van der Waals surface area contributed by atoms with Crippen molar-refractivity contribution in [2.45, 2.75) is 38.8 Å². The SMILES string of the molecule is CC[C@H](NC(=O)N1CCN(C)C(=O)C1(C)C)C(=O)O. The predicted octanol–water partition coefficient (Wildman–Crippen LogP) is 0.112. The van der Waals surface area contributed by atoms with Crippen molar-refractivity contribution < 1.29 is 19.5 Å². The summed E-state index contributed by atoms with van der Waals surface area (Å²) in [5.74, 6) is -1.23. The van der Waals surface area contributed by atoms with Crippen LogP contribution in [-0.4, -0.2) is 64.5 Å². The highest BCUT2D eigenvalue weighted by Crippen LogP contribution is 2.21. The Morgan fingerprint density at radius 2 is 2.00 bits per heavy atom. The second-order valence-corrected chi connectivity index (χ2v) is 5.19. The van der Waals surface area contributed by atoms with Gasteiger partial charge in [0.2, 0.25) is 5.91 Å². The molecule has 7 heteroatoms. The summed E-state index contributed by atoms with van der Waals surface area (Å²) in [4.78, 5) is 38.0. The van der Waals surface area contributed by atoms with Crippen molar-refractivity contribution in [3.05, 3.63) is 0 Å². The van der Waals surface area contributed by atoms with E-state index in [0.29, 0.717) is 19.5 Å². The normalized spacial score (nSPS) is 20.1. The van der Waals surface area contributed by atoms with Gasteiger partial charge >= 0.3 is 12.0 Å². The van der Waals surface area contributed by atoms with Crippen LogP contribution in [-0.2, 0) is 9.59 Å². The summed E-state index contributed by atoms with van der Waals surface area (Å²) >= 11 is 0. The topological polar surface area (TPSA) is 90.0 Å². The van der Waals surface area contributed by atoms with E-state index < -0.39 is 23.6 Å². The average Bonchev–Trinajstić information content (AvgIpc) is 2.32. The maximum Gasteiger partial charge on any atom is 0.326 e. The Labute approximate surface area is 112 Å². The zero-order valence-corrected chi connectivity index (χ0v) is 11.8. The Morgan fingerprint density at radius 3 is 2.47 bits per heavy atom. The Morgan fingerprint density at radius 1 is 1.42 bits per heavy atom. The third kappa shape index (κ3) is 2.97. The van der Waals surface area contributed by atoms with Gasteiger partial charge in [0, 0.05) is 20.1 Å². The van der Waals surface area contributed by atoms with Crippen LogP contribution in [0.5, 0.6) is 0 Å². The lowest BCUT2D eigenvalue weighted by Gasteiger charge is -2.44. The first-order valence-electron chi connectivity index (χ1n) is 6.28. The number of aliphatic carboxylic acids is 1. The molecule has 7 nitrogen and oxygen atoms in total. The minimum absolute atomic E-state index is 0.155. The van der Waals surface area contributed by atoms with E-state index in [2.05, 4.69) is 5.32 Å². The Bertz CT molecular complexity index is 394. The van der Waals surface area contributed by atoms with E-state index in [9.17, 15) is 14.4 Å². The zero-order valence-electron chi connectivity index (χ0n) is 11.8. The van der Waals surface area contributed by atoms with Crippen LogP contribution >= 0.6 is 0 Å². The molecule has 0 spiro atoms. The Balaban J connectivity index is 2.82. The van der Waals surface area contributed by atoms with E-state index >= 15 is 0 Å². The molecule has 1 saturated heterocycles. The third-order valence-electron chi connectivity index (χ3n) is 3.45. The highest BCUT2D eigenvalue weighted by Gasteiger charge is 2.43. The summed E-state index contributed by atoms with van der Waals surface area (Å²) in [5.41, 5.74) is -0.964. The van der Waals surface area contributed by atoms with Gasteiger partial charge in [-0.2, -0.15) is 0 Å². The van der Waals surface area contributed by atoms with Crippen LogP contribution in [0.3, 0.4) is 0 Å². The van der Waals surface area contributed by atoms with E-state index in [1.807, 2.05) is 0 Å². The summed E-state index contributed by atoms with van der Waals surface area (Å²) in [7, 11) is 1.69. The molecule has 2 N–H and O–H groups in total. The second kappa shape index (κ2) is 5.46. The van der Waals surface area contributed by atoms with Gasteiger partial charge in [0.05, 0.1) is 0 Å². The van der Waals surface area contributed by atoms with Gasteiger partial charge < -0.3 is 20.2 Å². The molecule has 1 aliphatic rings. The van der Waals surface area contributed by atoms with E-state index in [-0.39, 0.29) is 5.91 Å². The highest BCUT2D eigenvalue weighted by atomic mass is 16.4. The van der Waals surface area contributed by atoms with E-state index in [4.69, 9.17) is 5.11 Å². The predicted molar refractivity (Wildman–Crippen MR) is 68.7 cm³/mol. The molecule has 108 valence electrons. The fraction of sp³-hybridized carbons (Fsp3) is 0.750. The van der Waals surface area contributed by atoms with Gasteiger partial charge in [-0.25, -0.2) is 9.59 Å². The summed E-state index contributed by atoms with van der Waals surface area (Å²) in [6.45, 7) is 5.83. The number of carboxylic acids is 1. The van der Waals surface area contributed by atoms with Gasteiger partial charge in [0.1, 0.15) is 11.6 Å². The molecule has 0 unspecified atom stereocenters. The van der Waals surface area contributed by atoms with Gasteiger partial charge in [-0.05, 0) is 20.3 Å². The number of hydrogen-bond acceptors (Lipinski definition) is 3. The summed E-state index contributed by atoms with van der Waals surface area (Å²) in [6.07, 6.45) is 0.295. The number of nitrogens with one attached hydrogen (secondary N) is 1. The number of rotatable bonds is 3. The van der Waals surface area contributed by atoms with E-state index in [1.165, 1.54) is 4.90 Å². The number of nitrogens with zero attached hydrogens (tertiary/aromatic N) is 2. The van der Waals surface area contributed by atoms with Crippen LogP contribution in [0.25, 0.3) is 0 Å². The van der Waals surface area contributed by atoms with Crippen LogP contribution in [0.15, 0.2) is 0 Å². The van der Waals surface area contributed by atoms with Gasteiger partial charge in [0.15, 0.2) is 0 Å². The lowest BCUT2D eigenvalue weighted by molar-refractivity contribution is -0.144. The molecule has 0 aromatic heterocycles. The molecule has 0 saturated carbocycles. The second-order valence-electron chi connectivity index (χ2n) is 5.19. The molecular formula is C12H21N3O4. The number of carboxylic acid groups (broad SMARTS) is 1. The maximum atomic E-state index is 12.1. The molecule has 0 radical (unpaired) electrons. The largest absolute Gasteiger partial charge is 0.480 e. The molecule has 3 amide bonds. The van der Waals surface area contributed by atoms with Crippen LogP contribution in [0.1, 0.15) is 27.2 Å². The summed E-state index contributed by atoms with van der Waals surface area (Å²) in [6, 6.07) is -1.45. The molecule has 1 heterocycles. The Kier molecular flexibility index (Phi) is 4.39. The number of carbonyl (C=O) groups is 3. The molecule has 1 rings (SSSR count). The van der Waals surface area contributed by atoms with Crippen LogP contribution in [0.4, 0.5) is 4.79 Å². The maximum absolute atomic E-state index is 12.1. The number of hydrogen-bond donors (Lipinski definition) is 2. The number of amides is 3. The standard InChI is InChI=1S/C12H21N3O4/c1-5-8(9(16)17)13-11(19)15-7-6-14(4)10(18)12(15,2)3/h8H,5-7H2,1-4H3,(H,13,19)(H,16,17)/t8-/m0/s1. The highest BCUT2D eigenvalue weighted by molar-refractivity contribution is 5.92. The number of likely N-dealkylation sites (N-methyl/N-ethyl adjacent to an activating group) is 1. The monoisotopic (exact) mass is 271 g/mol. The van der Waals surface area contributed by atoms with Crippen LogP contribution in [0, 0.1) is 0 Å². The Hall–Kier alpha value is -1.79. The lowest BCUT2D eigenvalue weighted by atomic mass is 9.98. The zero-order chi connectivity index (χ0) is 14.8. The molecular weight excluding hydrogens is 250 g/mol. The van der Waals surface area contributed by atoms with Crippen molar-refractivity contribution in [3.8, 4) is 0 Å². The van der Waals surface area contributed by atoms with Gasteiger partial charge in [-0.1, -0.05) is 6.92 Å². The summed E-state index contributed by atoms with van der Waals surface area (Å²) < 4.78 is 0. The third-order valence-corrected chi connectivity index (χ3v) is 3.45. The van der Waals surface area contributed by atoms with Gasteiger partial charge in [0.25, 0.3) is 0 Å². The van der Waals surface area contributed by atoms with Crippen molar-refractivity contribution >= 4 is 17.9 Å². The fourth-order valence-corrected chi connectivity index (χ4v) is 2.13. The van der Waals surface area contributed by atoms with Crippen LogP contribution < -0.4 is 5.32 Å². The molecule has 0 bridgehead atoms. The van der Waals surface area contributed by atoms with Crippen molar-refractivity contribution in [1.82, 2.24) is 15.1 Å². The van der Waals surface area contributed by atoms with Crippen molar-refractivity contribution in [2.24, 2.45) is 0 Å².